The molecule has 2 rings (SSSR count). The Morgan fingerprint density at radius 3 is 2.79 bits per heavy atom. The standard InChI is InChI=1S/C17H29NS/c1-4-7-13(3)11-15(18-10-5-2)17-12-14-8-6-9-16(14)19-17/h12-13,15,18H,4-11H2,1-3H3. The van der Waals surface area contributed by atoms with Gasteiger partial charge >= 0.3 is 0 Å². The molecule has 0 spiro atoms. The van der Waals surface area contributed by atoms with Gasteiger partial charge in [-0.15, -0.1) is 11.3 Å². The van der Waals surface area contributed by atoms with Crippen molar-refractivity contribution < 1.29 is 0 Å². The van der Waals surface area contributed by atoms with E-state index in [2.05, 4.69) is 43.5 Å². The molecule has 1 aromatic rings. The lowest BCUT2D eigenvalue weighted by Gasteiger charge is -2.21. The molecule has 2 unspecified atom stereocenters. The van der Waals surface area contributed by atoms with Crippen LogP contribution in [0.3, 0.4) is 0 Å². The molecule has 2 heteroatoms. The average molecular weight is 279 g/mol. The van der Waals surface area contributed by atoms with Crippen molar-refractivity contribution >= 4 is 11.3 Å². The van der Waals surface area contributed by atoms with Gasteiger partial charge in [-0.3, -0.25) is 0 Å². The molecular weight excluding hydrogens is 250 g/mol. The fourth-order valence-corrected chi connectivity index (χ4v) is 4.50. The van der Waals surface area contributed by atoms with E-state index in [-0.39, 0.29) is 0 Å². The zero-order valence-electron chi connectivity index (χ0n) is 12.8. The lowest BCUT2D eigenvalue weighted by molar-refractivity contribution is 0.394. The zero-order valence-corrected chi connectivity index (χ0v) is 13.6. The molecule has 0 aromatic carbocycles. The first-order valence-corrected chi connectivity index (χ1v) is 8.91. The highest BCUT2D eigenvalue weighted by Crippen LogP contribution is 2.36. The van der Waals surface area contributed by atoms with Gasteiger partial charge in [-0.25, -0.2) is 0 Å². The molecule has 1 aliphatic rings. The molecule has 2 atom stereocenters. The predicted octanol–water partition coefficient (Wildman–Crippen LogP) is 5.10. The van der Waals surface area contributed by atoms with E-state index in [0.717, 1.165) is 12.5 Å². The fourth-order valence-electron chi connectivity index (χ4n) is 3.16. The van der Waals surface area contributed by atoms with Gasteiger partial charge < -0.3 is 5.32 Å². The summed E-state index contributed by atoms with van der Waals surface area (Å²) < 4.78 is 0. The van der Waals surface area contributed by atoms with Gasteiger partial charge in [0, 0.05) is 15.8 Å². The minimum Gasteiger partial charge on any atom is -0.309 e. The van der Waals surface area contributed by atoms with Gasteiger partial charge in [0.25, 0.3) is 0 Å². The Labute approximate surface area is 122 Å². The maximum absolute atomic E-state index is 3.77. The van der Waals surface area contributed by atoms with Gasteiger partial charge in [-0.2, -0.15) is 0 Å². The molecule has 0 aliphatic heterocycles. The van der Waals surface area contributed by atoms with Crippen molar-refractivity contribution in [2.75, 3.05) is 6.54 Å². The Kier molecular flexibility index (Phi) is 5.90. The number of fused-ring (bicyclic) bond motifs is 1. The van der Waals surface area contributed by atoms with Gasteiger partial charge in [-0.1, -0.05) is 33.6 Å². The number of hydrogen-bond donors (Lipinski definition) is 1. The molecule has 0 fully saturated rings. The largest absolute Gasteiger partial charge is 0.309 e. The molecule has 1 heterocycles. The number of rotatable bonds is 8. The summed E-state index contributed by atoms with van der Waals surface area (Å²) in [5, 5.41) is 3.77. The minimum atomic E-state index is 0.595. The van der Waals surface area contributed by atoms with E-state index < -0.39 is 0 Å². The Morgan fingerprint density at radius 1 is 1.26 bits per heavy atom. The number of aryl methyl sites for hydroxylation is 2. The molecule has 108 valence electrons. The minimum absolute atomic E-state index is 0.595. The van der Waals surface area contributed by atoms with Crippen LogP contribution in [0.5, 0.6) is 0 Å². The summed E-state index contributed by atoms with van der Waals surface area (Å²) in [7, 11) is 0. The summed E-state index contributed by atoms with van der Waals surface area (Å²) in [5.74, 6) is 0.830. The highest BCUT2D eigenvalue weighted by Gasteiger charge is 2.21. The van der Waals surface area contributed by atoms with E-state index in [9.17, 15) is 0 Å². The molecule has 1 nitrogen and oxygen atoms in total. The van der Waals surface area contributed by atoms with E-state index in [4.69, 9.17) is 0 Å². The van der Waals surface area contributed by atoms with Crippen molar-refractivity contribution in [1.29, 1.82) is 0 Å². The molecule has 1 N–H and O–H groups in total. The molecule has 1 aliphatic carbocycles. The lowest BCUT2D eigenvalue weighted by Crippen LogP contribution is -2.23. The first-order valence-electron chi connectivity index (χ1n) is 8.09. The quantitative estimate of drug-likeness (QED) is 0.697. The van der Waals surface area contributed by atoms with Crippen LogP contribution in [0, 0.1) is 5.92 Å². The molecular formula is C17H29NS. The van der Waals surface area contributed by atoms with E-state index in [1.54, 1.807) is 15.3 Å². The van der Waals surface area contributed by atoms with E-state index in [1.807, 2.05) is 0 Å². The second-order valence-corrected chi connectivity index (χ2v) is 7.26. The summed E-state index contributed by atoms with van der Waals surface area (Å²) in [5.41, 5.74) is 1.64. The Bertz CT molecular complexity index is 361. The van der Waals surface area contributed by atoms with Crippen LogP contribution < -0.4 is 5.32 Å². The van der Waals surface area contributed by atoms with Gasteiger partial charge in [0.2, 0.25) is 0 Å². The summed E-state index contributed by atoms with van der Waals surface area (Å²) in [6.07, 6.45) is 9.21. The fraction of sp³-hybridized carbons (Fsp3) is 0.765. The van der Waals surface area contributed by atoms with Gasteiger partial charge in [0.15, 0.2) is 0 Å². The summed E-state index contributed by atoms with van der Waals surface area (Å²) in [4.78, 5) is 3.27. The first-order chi connectivity index (χ1) is 9.24. The zero-order chi connectivity index (χ0) is 13.7. The number of nitrogens with one attached hydrogen (secondary N) is 1. The van der Waals surface area contributed by atoms with E-state index >= 15 is 0 Å². The highest BCUT2D eigenvalue weighted by molar-refractivity contribution is 7.12. The third kappa shape index (κ3) is 4.06. The normalized spacial score (nSPS) is 17.4. The van der Waals surface area contributed by atoms with Crippen LogP contribution in [0.2, 0.25) is 0 Å². The summed E-state index contributed by atoms with van der Waals surface area (Å²) in [6, 6.07) is 3.09. The second kappa shape index (κ2) is 7.44. The van der Waals surface area contributed by atoms with E-state index in [0.29, 0.717) is 6.04 Å². The molecule has 0 amide bonds. The average Bonchev–Trinajstić information content (AvgIpc) is 2.95. The molecule has 0 saturated heterocycles. The monoisotopic (exact) mass is 279 g/mol. The van der Waals surface area contributed by atoms with Gasteiger partial charge in [-0.05, 0) is 56.2 Å². The molecule has 0 radical (unpaired) electrons. The van der Waals surface area contributed by atoms with Crippen molar-refractivity contribution in [2.24, 2.45) is 5.92 Å². The van der Waals surface area contributed by atoms with Crippen LogP contribution >= 0.6 is 11.3 Å². The maximum atomic E-state index is 3.77. The Hall–Kier alpha value is -0.340. The van der Waals surface area contributed by atoms with Crippen molar-refractivity contribution in [3.05, 3.63) is 21.4 Å². The SMILES string of the molecule is CCCNC(CC(C)CCC)c1cc2c(s1)CCC2. The third-order valence-electron chi connectivity index (χ3n) is 4.17. The van der Waals surface area contributed by atoms with Crippen LogP contribution in [0.15, 0.2) is 6.07 Å². The molecule has 1 aromatic heterocycles. The molecule has 0 bridgehead atoms. The van der Waals surface area contributed by atoms with Crippen LogP contribution in [0.1, 0.15) is 74.2 Å². The topological polar surface area (TPSA) is 12.0 Å². The Morgan fingerprint density at radius 2 is 2.11 bits per heavy atom. The smallest absolute Gasteiger partial charge is 0.0417 e. The van der Waals surface area contributed by atoms with Crippen molar-refractivity contribution in [1.82, 2.24) is 5.32 Å². The van der Waals surface area contributed by atoms with Crippen LogP contribution in [-0.4, -0.2) is 6.54 Å². The van der Waals surface area contributed by atoms with Crippen LogP contribution in [0.25, 0.3) is 0 Å². The number of thiophene rings is 1. The molecule has 0 saturated carbocycles. The third-order valence-corrected chi connectivity index (χ3v) is 5.52. The summed E-state index contributed by atoms with van der Waals surface area (Å²) >= 11 is 2.08. The van der Waals surface area contributed by atoms with Crippen LogP contribution in [0.4, 0.5) is 0 Å². The number of hydrogen-bond acceptors (Lipinski definition) is 2. The maximum Gasteiger partial charge on any atom is 0.0417 e. The Balaban J connectivity index is 2.02. The summed E-state index contributed by atoms with van der Waals surface area (Å²) in [6.45, 7) is 8.11. The predicted molar refractivity (Wildman–Crippen MR) is 86.1 cm³/mol. The van der Waals surface area contributed by atoms with Gasteiger partial charge in [0.1, 0.15) is 0 Å². The first kappa shape index (κ1) is 15.1. The molecule has 19 heavy (non-hydrogen) atoms. The van der Waals surface area contributed by atoms with Crippen molar-refractivity contribution in [2.45, 2.75) is 71.8 Å². The van der Waals surface area contributed by atoms with Crippen molar-refractivity contribution in [3.63, 3.8) is 0 Å². The van der Waals surface area contributed by atoms with E-state index in [1.165, 1.54) is 44.9 Å². The van der Waals surface area contributed by atoms with Crippen molar-refractivity contribution in [3.8, 4) is 0 Å². The second-order valence-electron chi connectivity index (χ2n) is 6.09. The lowest BCUT2D eigenvalue weighted by atomic mass is 9.96. The highest BCUT2D eigenvalue weighted by atomic mass is 32.1. The van der Waals surface area contributed by atoms with Crippen LogP contribution in [-0.2, 0) is 12.8 Å². The van der Waals surface area contributed by atoms with Gasteiger partial charge in [0.05, 0.1) is 0 Å².